The topological polar surface area (TPSA) is 40.7 Å². The SMILES string of the molecule is Cc1cc(-c2ccn[nH]2)c2c(c1)C(C)CC(C)(C)N2. The second-order valence-corrected chi connectivity index (χ2v) is 6.36. The number of rotatable bonds is 1. The number of fused-ring (bicyclic) bond motifs is 1. The first-order valence-corrected chi connectivity index (χ1v) is 6.89. The van der Waals surface area contributed by atoms with E-state index in [0.29, 0.717) is 5.92 Å². The number of aromatic amines is 1. The van der Waals surface area contributed by atoms with Gasteiger partial charge in [-0.3, -0.25) is 5.10 Å². The number of anilines is 1. The van der Waals surface area contributed by atoms with Crippen LogP contribution in [-0.4, -0.2) is 15.7 Å². The van der Waals surface area contributed by atoms with E-state index in [-0.39, 0.29) is 5.54 Å². The summed E-state index contributed by atoms with van der Waals surface area (Å²) in [6.07, 6.45) is 2.97. The predicted molar refractivity (Wildman–Crippen MR) is 79.5 cm³/mol. The molecule has 100 valence electrons. The zero-order valence-electron chi connectivity index (χ0n) is 12.0. The van der Waals surface area contributed by atoms with Gasteiger partial charge >= 0.3 is 0 Å². The number of benzene rings is 1. The van der Waals surface area contributed by atoms with Crippen LogP contribution in [-0.2, 0) is 0 Å². The summed E-state index contributed by atoms with van der Waals surface area (Å²) in [5.74, 6) is 0.577. The molecule has 2 N–H and O–H groups in total. The van der Waals surface area contributed by atoms with Crippen LogP contribution in [0.1, 0.15) is 44.2 Å². The van der Waals surface area contributed by atoms with Gasteiger partial charge in [-0.15, -0.1) is 0 Å². The number of aryl methyl sites for hydroxylation is 1. The quantitative estimate of drug-likeness (QED) is 0.806. The first kappa shape index (κ1) is 12.3. The van der Waals surface area contributed by atoms with Gasteiger partial charge in [-0.05, 0) is 50.8 Å². The van der Waals surface area contributed by atoms with Crippen LogP contribution < -0.4 is 5.32 Å². The van der Waals surface area contributed by atoms with E-state index in [1.165, 1.54) is 22.4 Å². The molecule has 0 spiro atoms. The van der Waals surface area contributed by atoms with Crippen molar-refractivity contribution in [1.82, 2.24) is 10.2 Å². The second-order valence-electron chi connectivity index (χ2n) is 6.36. The van der Waals surface area contributed by atoms with Crippen molar-refractivity contribution in [1.29, 1.82) is 0 Å². The lowest BCUT2D eigenvalue weighted by molar-refractivity contribution is 0.454. The molecule has 1 atom stereocenters. The Morgan fingerprint density at radius 2 is 2.11 bits per heavy atom. The third kappa shape index (κ3) is 2.14. The van der Waals surface area contributed by atoms with Crippen LogP contribution in [0.2, 0.25) is 0 Å². The number of nitrogens with zero attached hydrogens (tertiary/aromatic N) is 1. The fourth-order valence-corrected chi connectivity index (χ4v) is 3.23. The lowest BCUT2D eigenvalue weighted by Gasteiger charge is -2.39. The van der Waals surface area contributed by atoms with Gasteiger partial charge in [0.05, 0.1) is 5.69 Å². The molecule has 1 aliphatic heterocycles. The normalized spacial score (nSPS) is 20.7. The molecule has 0 aliphatic carbocycles. The fourth-order valence-electron chi connectivity index (χ4n) is 3.23. The van der Waals surface area contributed by atoms with Crippen LogP contribution in [0.15, 0.2) is 24.4 Å². The van der Waals surface area contributed by atoms with Crippen molar-refractivity contribution < 1.29 is 0 Å². The highest BCUT2D eigenvalue weighted by atomic mass is 15.1. The van der Waals surface area contributed by atoms with E-state index < -0.39 is 0 Å². The monoisotopic (exact) mass is 255 g/mol. The van der Waals surface area contributed by atoms with Crippen LogP contribution in [0.25, 0.3) is 11.3 Å². The summed E-state index contributed by atoms with van der Waals surface area (Å²) in [6.45, 7) is 9.01. The lowest BCUT2D eigenvalue weighted by Crippen LogP contribution is -2.37. The maximum atomic E-state index is 4.08. The standard InChI is InChI=1S/C16H21N3/c1-10-7-12-11(2)9-16(3,4)18-15(12)13(8-10)14-5-6-17-19-14/h5-8,11,18H,9H2,1-4H3,(H,17,19). The molecule has 0 radical (unpaired) electrons. The molecular weight excluding hydrogens is 234 g/mol. The molecule has 3 nitrogen and oxygen atoms in total. The molecule has 3 heteroatoms. The molecule has 2 heterocycles. The van der Waals surface area contributed by atoms with Crippen LogP contribution in [0, 0.1) is 6.92 Å². The van der Waals surface area contributed by atoms with E-state index in [1.54, 1.807) is 0 Å². The molecule has 0 fully saturated rings. The molecule has 19 heavy (non-hydrogen) atoms. The first-order valence-electron chi connectivity index (χ1n) is 6.89. The number of H-pyrrole nitrogens is 1. The third-order valence-corrected chi connectivity index (χ3v) is 3.91. The summed E-state index contributed by atoms with van der Waals surface area (Å²) < 4.78 is 0. The predicted octanol–water partition coefficient (Wildman–Crippen LogP) is 4.08. The van der Waals surface area contributed by atoms with Gasteiger partial charge in [-0.1, -0.05) is 18.6 Å². The largest absolute Gasteiger partial charge is 0.379 e. The smallest absolute Gasteiger partial charge is 0.0671 e. The highest BCUT2D eigenvalue weighted by molar-refractivity contribution is 5.80. The maximum Gasteiger partial charge on any atom is 0.0671 e. The van der Waals surface area contributed by atoms with Crippen LogP contribution in [0.5, 0.6) is 0 Å². The lowest BCUT2D eigenvalue weighted by atomic mass is 9.80. The Morgan fingerprint density at radius 1 is 1.32 bits per heavy atom. The Bertz CT molecular complexity index is 597. The van der Waals surface area contributed by atoms with Gasteiger partial charge < -0.3 is 5.32 Å². The third-order valence-electron chi connectivity index (χ3n) is 3.91. The first-order chi connectivity index (χ1) is 8.96. The highest BCUT2D eigenvalue weighted by Crippen LogP contribution is 2.43. The molecule has 0 saturated carbocycles. The van der Waals surface area contributed by atoms with Gasteiger partial charge in [0.25, 0.3) is 0 Å². The summed E-state index contributed by atoms with van der Waals surface area (Å²) in [7, 11) is 0. The Morgan fingerprint density at radius 3 is 2.79 bits per heavy atom. The molecule has 0 amide bonds. The number of hydrogen-bond acceptors (Lipinski definition) is 2. The molecule has 2 aromatic rings. The molecule has 0 bridgehead atoms. The van der Waals surface area contributed by atoms with Crippen molar-refractivity contribution in [2.45, 2.75) is 45.6 Å². The van der Waals surface area contributed by atoms with Gasteiger partial charge in [0.2, 0.25) is 0 Å². The average Bonchev–Trinajstić information content (AvgIpc) is 2.82. The van der Waals surface area contributed by atoms with Gasteiger partial charge in [0.1, 0.15) is 0 Å². The summed E-state index contributed by atoms with van der Waals surface area (Å²) in [6, 6.07) is 6.57. The summed E-state index contributed by atoms with van der Waals surface area (Å²) in [5.41, 5.74) is 6.43. The number of hydrogen-bond donors (Lipinski definition) is 2. The van der Waals surface area contributed by atoms with E-state index in [2.05, 4.69) is 55.3 Å². The minimum absolute atomic E-state index is 0.135. The highest BCUT2D eigenvalue weighted by Gasteiger charge is 2.31. The van der Waals surface area contributed by atoms with Crippen molar-refractivity contribution >= 4 is 5.69 Å². The second kappa shape index (κ2) is 4.12. The van der Waals surface area contributed by atoms with Crippen molar-refractivity contribution in [3.05, 3.63) is 35.5 Å². The van der Waals surface area contributed by atoms with Gasteiger partial charge in [0.15, 0.2) is 0 Å². The Labute approximate surface area is 114 Å². The van der Waals surface area contributed by atoms with Crippen LogP contribution >= 0.6 is 0 Å². The summed E-state index contributed by atoms with van der Waals surface area (Å²) >= 11 is 0. The summed E-state index contributed by atoms with van der Waals surface area (Å²) in [4.78, 5) is 0. The Kier molecular flexibility index (Phi) is 2.66. The zero-order valence-corrected chi connectivity index (χ0v) is 12.0. The Hall–Kier alpha value is -1.77. The minimum Gasteiger partial charge on any atom is -0.379 e. The summed E-state index contributed by atoms with van der Waals surface area (Å²) in [5, 5.41) is 10.9. The van der Waals surface area contributed by atoms with Crippen LogP contribution in [0.3, 0.4) is 0 Å². The Balaban J connectivity index is 2.22. The van der Waals surface area contributed by atoms with Gasteiger partial charge in [-0.2, -0.15) is 5.10 Å². The fraction of sp³-hybridized carbons (Fsp3) is 0.438. The molecule has 3 rings (SSSR count). The molecule has 1 aromatic heterocycles. The maximum absolute atomic E-state index is 4.08. The molecular formula is C16H21N3. The van der Waals surface area contributed by atoms with Crippen molar-refractivity contribution in [3.63, 3.8) is 0 Å². The minimum atomic E-state index is 0.135. The van der Waals surface area contributed by atoms with E-state index in [1.807, 2.05) is 12.3 Å². The van der Waals surface area contributed by atoms with Crippen molar-refractivity contribution in [2.24, 2.45) is 0 Å². The molecule has 1 aromatic carbocycles. The van der Waals surface area contributed by atoms with Crippen LogP contribution in [0.4, 0.5) is 5.69 Å². The molecule has 1 aliphatic rings. The van der Waals surface area contributed by atoms with E-state index in [4.69, 9.17) is 0 Å². The number of aromatic nitrogens is 2. The molecule has 0 saturated heterocycles. The molecule has 1 unspecified atom stereocenters. The van der Waals surface area contributed by atoms with E-state index in [0.717, 1.165) is 12.1 Å². The number of nitrogens with one attached hydrogen (secondary N) is 2. The average molecular weight is 255 g/mol. The van der Waals surface area contributed by atoms with E-state index in [9.17, 15) is 0 Å². The van der Waals surface area contributed by atoms with E-state index >= 15 is 0 Å². The zero-order chi connectivity index (χ0) is 13.6. The van der Waals surface area contributed by atoms with Gasteiger partial charge in [-0.25, -0.2) is 0 Å². The van der Waals surface area contributed by atoms with Crippen molar-refractivity contribution in [2.75, 3.05) is 5.32 Å². The van der Waals surface area contributed by atoms with Gasteiger partial charge in [0, 0.05) is 23.0 Å². The van der Waals surface area contributed by atoms with Crippen molar-refractivity contribution in [3.8, 4) is 11.3 Å².